The molecule has 19 heavy (non-hydrogen) atoms. The van der Waals surface area contributed by atoms with E-state index in [0.717, 1.165) is 16.8 Å². The first-order chi connectivity index (χ1) is 9.04. The number of hydrogen-bond acceptors (Lipinski definition) is 6. The molecule has 0 unspecified atom stereocenters. The number of aromatic nitrogens is 4. The van der Waals surface area contributed by atoms with Crippen molar-refractivity contribution in [2.75, 3.05) is 11.1 Å². The van der Waals surface area contributed by atoms with Gasteiger partial charge in [-0.25, -0.2) is 0 Å². The molecule has 98 valence electrons. The van der Waals surface area contributed by atoms with Crippen LogP contribution in [0.1, 0.15) is 22.4 Å². The molecule has 0 spiro atoms. The lowest BCUT2D eigenvalue weighted by molar-refractivity contribution is 0.778. The van der Waals surface area contributed by atoms with Crippen molar-refractivity contribution in [3.05, 3.63) is 28.6 Å². The SMILES string of the molecule is Cc1nnc(NCc2cnn(C)c2N)c(C#N)c1C. The van der Waals surface area contributed by atoms with Crippen LogP contribution in [0.5, 0.6) is 0 Å². The Morgan fingerprint density at radius 3 is 2.74 bits per heavy atom. The van der Waals surface area contributed by atoms with Crippen LogP contribution in [0.3, 0.4) is 0 Å². The normalized spacial score (nSPS) is 10.2. The number of anilines is 2. The number of rotatable bonds is 3. The van der Waals surface area contributed by atoms with Crippen molar-refractivity contribution in [2.24, 2.45) is 7.05 Å². The van der Waals surface area contributed by atoms with Gasteiger partial charge in [0.25, 0.3) is 0 Å². The summed E-state index contributed by atoms with van der Waals surface area (Å²) in [6, 6.07) is 2.14. The van der Waals surface area contributed by atoms with E-state index in [-0.39, 0.29) is 0 Å². The fraction of sp³-hybridized carbons (Fsp3) is 0.333. The third kappa shape index (κ3) is 2.33. The summed E-state index contributed by atoms with van der Waals surface area (Å²) in [5.41, 5.74) is 8.80. The average molecular weight is 257 g/mol. The van der Waals surface area contributed by atoms with Crippen LogP contribution in [0, 0.1) is 25.2 Å². The second kappa shape index (κ2) is 4.94. The van der Waals surface area contributed by atoms with Gasteiger partial charge in [0.05, 0.1) is 11.9 Å². The van der Waals surface area contributed by atoms with E-state index in [1.807, 2.05) is 13.8 Å². The Hall–Kier alpha value is -2.62. The predicted octanol–water partition coefficient (Wildman–Crippen LogP) is 0.893. The number of hydrogen-bond donors (Lipinski definition) is 2. The molecule has 0 aliphatic rings. The summed E-state index contributed by atoms with van der Waals surface area (Å²) >= 11 is 0. The summed E-state index contributed by atoms with van der Waals surface area (Å²) in [5.74, 6) is 1.05. The number of aryl methyl sites for hydroxylation is 2. The van der Waals surface area contributed by atoms with Gasteiger partial charge in [-0.3, -0.25) is 4.68 Å². The third-order valence-electron chi connectivity index (χ3n) is 3.08. The zero-order valence-corrected chi connectivity index (χ0v) is 11.1. The lowest BCUT2D eigenvalue weighted by Crippen LogP contribution is -2.08. The Bertz CT molecular complexity index is 651. The van der Waals surface area contributed by atoms with Crippen molar-refractivity contribution in [1.29, 1.82) is 5.26 Å². The Kier molecular flexibility index (Phi) is 3.33. The van der Waals surface area contributed by atoms with E-state index < -0.39 is 0 Å². The zero-order chi connectivity index (χ0) is 14.0. The molecule has 0 fully saturated rings. The average Bonchev–Trinajstić information content (AvgIpc) is 2.71. The molecule has 0 aliphatic heterocycles. The monoisotopic (exact) mass is 257 g/mol. The topological polar surface area (TPSA) is 105 Å². The largest absolute Gasteiger partial charge is 0.384 e. The van der Waals surface area contributed by atoms with Gasteiger partial charge in [-0.15, -0.1) is 5.10 Å². The lowest BCUT2D eigenvalue weighted by Gasteiger charge is -2.09. The minimum Gasteiger partial charge on any atom is -0.384 e. The Balaban J connectivity index is 2.23. The summed E-state index contributed by atoms with van der Waals surface area (Å²) in [7, 11) is 1.77. The molecule has 2 heterocycles. The van der Waals surface area contributed by atoms with Gasteiger partial charge in [0.1, 0.15) is 17.5 Å². The number of nitriles is 1. The van der Waals surface area contributed by atoms with Crippen LogP contribution in [-0.2, 0) is 13.6 Å². The van der Waals surface area contributed by atoms with Gasteiger partial charge in [-0.2, -0.15) is 15.5 Å². The number of nitrogen functional groups attached to an aromatic ring is 1. The smallest absolute Gasteiger partial charge is 0.167 e. The van der Waals surface area contributed by atoms with E-state index in [4.69, 9.17) is 5.73 Å². The first-order valence-corrected chi connectivity index (χ1v) is 5.78. The fourth-order valence-corrected chi connectivity index (χ4v) is 1.68. The molecule has 0 saturated carbocycles. The molecule has 0 aliphatic carbocycles. The van der Waals surface area contributed by atoms with Crippen molar-refractivity contribution in [1.82, 2.24) is 20.0 Å². The Morgan fingerprint density at radius 2 is 2.16 bits per heavy atom. The molecule has 0 aromatic carbocycles. The Morgan fingerprint density at radius 1 is 1.42 bits per heavy atom. The molecule has 2 rings (SSSR count). The van der Waals surface area contributed by atoms with Crippen molar-refractivity contribution < 1.29 is 0 Å². The van der Waals surface area contributed by atoms with E-state index in [1.165, 1.54) is 0 Å². The lowest BCUT2D eigenvalue weighted by atomic mass is 10.1. The molecule has 0 amide bonds. The summed E-state index contributed by atoms with van der Waals surface area (Å²) < 4.78 is 1.59. The van der Waals surface area contributed by atoms with Crippen LogP contribution in [0.4, 0.5) is 11.6 Å². The highest BCUT2D eigenvalue weighted by atomic mass is 15.3. The quantitative estimate of drug-likeness (QED) is 0.846. The van der Waals surface area contributed by atoms with E-state index >= 15 is 0 Å². The summed E-state index contributed by atoms with van der Waals surface area (Å²) in [6.07, 6.45) is 1.68. The first-order valence-electron chi connectivity index (χ1n) is 5.78. The minimum atomic E-state index is 0.450. The van der Waals surface area contributed by atoms with Gasteiger partial charge in [-0.05, 0) is 19.4 Å². The molecule has 2 aromatic rings. The van der Waals surface area contributed by atoms with Gasteiger partial charge >= 0.3 is 0 Å². The number of nitrogens with two attached hydrogens (primary N) is 1. The van der Waals surface area contributed by atoms with E-state index in [9.17, 15) is 5.26 Å². The summed E-state index contributed by atoms with van der Waals surface area (Å²) in [4.78, 5) is 0. The summed E-state index contributed by atoms with van der Waals surface area (Å²) in [6.45, 7) is 4.13. The number of nitrogens with one attached hydrogen (secondary N) is 1. The van der Waals surface area contributed by atoms with Crippen LogP contribution >= 0.6 is 0 Å². The second-order valence-corrected chi connectivity index (χ2v) is 4.28. The molecule has 0 atom stereocenters. The highest BCUT2D eigenvalue weighted by Crippen LogP contribution is 2.18. The van der Waals surface area contributed by atoms with Gasteiger partial charge in [0, 0.05) is 19.2 Å². The highest BCUT2D eigenvalue weighted by Gasteiger charge is 2.11. The molecule has 0 radical (unpaired) electrons. The van der Waals surface area contributed by atoms with Crippen LogP contribution in [-0.4, -0.2) is 20.0 Å². The first kappa shape index (κ1) is 12.8. The second-order valence-electron chi connectivity index (χ2n) is 4.28. The fourth-order valence-electron chi connectivity index (χ4n) is 1.68. The third-order valence-corrected chi connectivity index (χ3v) is 3.08. The van der Waals surface area contributed by atoms with Gasteiger partial charge in [-0.1, -0.05) is 0 Å². The molecule has 0 saturated heterocycles. The van der Waals surface area contributed by atoms with Crippen LogP contribution in [0.2, 0.25) is 0 Å². The van der Waals surface area contributed by atoms with Crippen molar-refractivity contribution >= 4 is 11.6 Å². The summed E-state index contributed by atoms with van der Waals surface area (Å²) in [5, 5.41) is 24.3. The zero-order valence-electron chi connectivity index (χ0n) is 11.1. The van der Waals surface area contributed by atoms with Crippen LogP contribution in [0.15, 0.2) is 6.20 Å². The molecular weight excluding hydrogens is 242 g/mol. The molecule has 7 nitrogen and oxygen atoms in total. The molecule has 7 heteroatoms. The molecule has 2 aromatic heterocycles. The van der Waals surface area contributed by atoms with Gasteiger partial charge in [0.15, 0.2) is 5.82 Å². The minimum absolute atomic E-state index is 0.450. The molecular formula is C12H15N7. The maximum absolute atomic E-state index is 9.18. The van der Waals surface area contributed by atoms with Crippen LogP contribution in [0.25, 0.3) is 0 Å². The van der Waals surface area contributed by atoms with Gasteiger partial charge in [0.2, 0.25) is 0 Å². The maximum atomic E-state index is 9.18. The number of nitrogens with zero attached hydrogens (tertiary/aromatic N) is 5. The molecule has 3 N–H and O–H groups in total. The van der Waals surface area contributed by atoms with Crippen molar-refractivity contribution in [3.8, 4) is 6.07 Å². The van der Waals surface area contributed by atoms with E-state index in [1.54, 1.807) is 17.9 Å². The van der Waals surface area contributed by atoms with Crippen molar-refractivity contribution in [2.45, 2.75) is 20.4 Å². The van der Waals surface area contributed by atoms with Crippen molar-refractivity contribution in [3.63, 3.8) is 0 Å². The molecule has 0 bridgehead atoms. The highest BCUT2D eigenvalue weighted by molar-refractivity contribution is 5.56. The van der Waals surface area contributed by atoms with E-state index in [2.05, 4.69) is 26.7 Å². The Labute approximate surface area is 111 Å². The van der Waals surface area contributed by atoms with Crippen LogP contribution < -0.4 is 11.1 Å². The standard InChI is InChI=1S/C12H15N7/c1-7-8(2)17-18-12(10(7)4-13)15-5-9-6-16-19(3)11(9)14/h6H,5,14H2,1-3H3,(H,15,18). The predicted molar refractivity (Wildman–Crippen MR) is 71.2 cm³/mol. The maximum Gasteiger partial charge on any atom is 0.167 e. The van der Waals surface area contributed by atoms with Gasteiger partial charge < -0.3 is 11.1 Å². The van der Waals surface area contributed by atoms with E-state index in [0.29, 0.717) is 23.7 Å².